The molecule has 3 rings (SSSR count). The third-order valence-electron chi connectivity index (χ3n) is 2.86. The number of rotatable bonds is 1. The lowest BCUT2D eigenvalue weighted by Gasteiger charge is -1.93. The van der Waals surface area contributed by atoms with Gasteiger partial charge in [-0.25, -0.2) is 0 Å². The van der Waals surface area contributed by atoms with Crippen LogP contribution in [-0.4, -0.2) is 15.7 Å². The van der Waals surface area contributed by atoms with Crippen LogP contribution >= 0.6 is 11.8 Å². The summed E-state index contributed by atoms with van der Waals surface area (Å²) < 4.78 is 2.00. The van der Waals surface area contributed by atoms with E-state index in [9.17, 15) is 9.59 Å². The summed E-state index contributed by atoms with van der Waals surface area (Å²) in [6.07, 6.45) is 3.71. The van der Waals surface area contributed by atoms with Gasteiger partial charge in [-0.2, -0.15) is 0 Å². The van der Waals surface area contributed by atoms with Gasteiger partial charge in [-0.05, 0) is 23.9 Å². The number of nitrogens with one attached hydrogen (secondary N) is 1. The van der Waals surface area contributed by atoms with Gasteiger partial charge in [0.15, 0.2) is 0 Å². The van der Waals surface area contributed by atoms with Crippen LogP contribution in [0.3, 0.4) is 0 Å². The topological polar surface area (TPSA) is 51.1 Å². The first kappa shape index (κ1) is 11.1. The molecule has 1 aliphatic heterocycles. The van der Waals surface area contributed by atoms with Gasteiger partial charge in [-0.15, -0.1) is 0 Å². The van der Waals surface area contributed by atoms with Crippen molar-refractivity contribution in [2.75, 3.05) is 0 Å². The fourth-order valence-corrected chi connectivity index (χ4v) is 2.72. The molecule has 4 nitrogen and oxygen atoms in total. The van der Waals surface area contributed by atoms with Gasteiger partial charge in [0.25, 0.3) is 11.1 Å². The molecular formula is C13H10N2O2S. The Morgan fingerprint density at radius 2 is 2.06 bits per heavy atom. The maximum atomic E-state index is 11.5. The molecule has 2 aromatic rings. The van der Waals surface area contributed by atoms with E-state index in [1.165, 1.54) is 0 Å². The molecule has 1 aliphatic rings. The lowest BCUT2D eigenvalue weighted by molar-refractivity contribution is -0.115. The van der Waals surface area contributed by atoms with Crippen molar-refractivity contribution in [3.05, 3.63) is 40.9 Å². The number of aryl methyl sites for hydroxylation is 1. The van der Waals surface area contributed by atoms with Crippen LogP contribution in [0.2, 0.25) is 0 Å². The molecule has 1 saturated heterocycles. The Hall–Kier alpha value is -2.01. The molecule has 0 aliphatic carbocycles. The minimum absolute atomic E-state index is 0.313. The molecule has 0 unspecified atom stereocenters. The number of amides is 2. The monoisotopic (exact) mass is 258 g/mol. The molecule has 0 spiro atoms. The predicted molar refractivity (Wildman–Crippen MR) is 72.0 cm³/mol. The Labute approximate surface area is 108 Å². The number of imide groups is 1. The summed E-state index contributed by atoms with van der Waals surface area (Å²) in [4.78, 5) is 23.1. The fraction of sp³-hybridized carbons (Fsp3) is 0.0769. The summed E-state index contributed by atoms with van der Waals surface area (Å²) in [6.45, 7) is 0. The Morgan fingerprint density at radius 1 is 1.28 bits per heavy atom. The third kappa shape index (κ3) is 1.73. The van der Waals surface area contributed by atoms with Crippen molar-refractivity contribution in [2.24, 2.45) is 7.05 Å². The summed E-state index contributed by atoms with van der Waals surface area (Å²) in [7, 11) is 1.96. The number of thioether (sulfide) groups is 1. The third-order valence-corrected chi connectivity index (χ3v) is 3.67. The number of carbonyl (C=O) groups excluding carboxylic acids is 2. The quantitative estimate of drug-likeness (QED) is 0.799. The van der Waals surface area contributed by atoms with E-state index in [0.717, 1.165) is 28.2 Å². The number of aromatic nitrogens is 1. The number of hydrogen-bond donors (Lipinski definition) is 1. The van der Waals surface area contributed by atoms with Crippen molar-refractivity contribution in [3.8, 4) is 0 Å². The van der Waals surface area contributed by atoms with Gasteiger partial charge in [0, 0.05) is 29.7 Å². The van der Waals surface area contributed by atoms with Crippen LogP contribution in [0.25, 0.3) is 17.0 Å². The highest BCUT2D eigenvalue weighted by molar-refractivity contribution is 8.18. The predicted octanol–water partition coefficient (Wildman–Crippen LogP) is 2.50. The maximum Gasteiger partial charge on any atom is 0.290 e. The van der Waals surface area contributed by atoms with Gasteiger partial charge in [-0.3, -0.25) is 14.9 Å². The molecule has 1 aromatic heterocycles. The molecule has 5 heteroatoms. The molecular weight excluding hydrogens is 248 g/mol. The SMILES string of the molecule is Cn1cc(/C=C2\SC(=O)NC2=O)c2ccccc21. The van der Waals surface area contributed by atoms with Crippen LogP contribution in [0.1, 0.15) is 5.56 Å². The lowest BCUT2D eigenvalue weighted by Crippen LogP contribution is -2.17. The molecule has 2 heterocycles. The summed E-state index contributed by atoms with van der Waals surface area (Å²) >= 11 is 0.939. The molecule has 18 heavy (non-hydrogen) atoms. The Kier molecular flexibility index (Phi) is 2.48. The van der Waals surface area contributed by atoms with Crippen molar-refractivity contribution < 1.29 is 9.59 Å². The number of fused-ring (bicyclic) bond motifs is 1. The van der Waals surface area contributed by atoms with Gasteiger partial charge >= 0.3 is 0 Å². The molecule has 0 atom stereocenters. The zero-order valence-corrected chi connectivity index (χ0v) is 10.5. The second kappa shape index (κ2) is 4.03. The molecule has 2 amide bonds. The summed E-state index contributed by atoms with van der Waals surface area (Å²) in [6, 6.07) is 7.95. The largest absolute Gasteiger partial charge is 0.350 e. The molecule has 0 bridgehead atoms. The summed E-state index contributed by atoms with van der Waals surface area (Å²) in [5.41, 5.74) is 2.04. The van der Waals surface area contributed by atoms with E-state index in [2.05, 4.69) is 5.32 Å². The number of nitrogens with zero attached hydrogens (tertiary/aromatic N) is 1. The maximum absolute atomic E-state index is 11.5. The highest BCUT2D eigenvalue weighted by atomic mass is 32.2. The van der Waals surface area contributed by atoms with E-state index >= 15 is 0 Å². The zero-order valence-electron chi connectivity index (χ0n) is 9.64. The van der Waals surface area contributed by atoms with Crippen molar-refractivity contribution in [3.63, 3.8) is 0 Å². The number of para-hydroxylation sites is 1. The Balaban J connectivity index is 2.13. The van der Waals surface area contributed by atoms with Gasteiger partial charge in [0.05, 0.1) is 4.91 Å². The minimum atomic E-state index is -0.321. The molecule has 1 N–H and O–H groups in total. The average molecular weight is 258 g/mol. The van der Waals surface area contributed by atoms with Crippen molar-refractivity contribution in [2.45, 2.75) is 0 Å². The van der Waals surface area contributed by atoms with Crippen LogP contribution in [-0.2, 0) is 11.8 Å². The summed E-state index contributed by atoms with van der Waals surface area (Å²) in [5.74, 6) is -0.321. The van der Waals surface area contributed by atoms with E-state index in [1.54, 1.807) is 6.08 Å². The average Bonchev–Trinajstić information content (AvgIpc) is 2.82. The van der Waals surface area contributed by atoms with E-state index in [1.807, 2.05) is 42.1 Å². The number of hydrogen-bond acceptors (Lipinski definition) is 3. The smallest absolute Gasteiger partial charge is 0.290 e. The van der Waals surface area contributed by atoms with Crippen molar-refractivity contribution in [1.29, 1.82) is 0 Å². The molecule has 1 fully saturated rings. The first-order chi connectivity index (χ1) is 8.65. The van der Waals surface area contributed by atoms with E-state index in [0.29, 0.717) is 4.91 Å². The van der Waals surface area contributed by atoms with Crippen LogP contribution in [0.4, 0.5) is 4.79 Å². The Morgan fingerprint density at radius 3 is 2.78 bits per heavy atom. The van der Waals surface area contributed by atoms with Crippen molar-refractivity contribution >= 4 is 39.9 Å². The highest BCUT2D eigenvalue weighted by Crippen LogP contribution is 2.29. The first-order valence-electron chi connectivity index (χ1n) is 5.44. The molecule has 1 aromatic carbocycles. The Bertz CT molecular complexity index is 700. The molecule has 0 radical (unpaired) electrons. The summed E-state index contributed by atoms with van der Waals surface area (Å²) in [5, 5.41) is 3.01. The van der Waals surface area contributed by atoms with Crippen molar-refractivity contribution in [1.82, 2.24) is 9.88 Å². The lowest BCUT2D eigenvalue weighted by atomic mass is 10.1. The van der Waals surface area contributed by atoms with Gasteiger partial charge in [0.1, 0.15) is 0 Å². The van der Waals surface area contributed by atoms with E-state index in [4.69, 9.17) is 0 Å². The van der Waals surface area contributed by atoms with E-state index < -0.39 is 0 Å². The normalized spacial score (nSPS) is 17.7. The van der Waals surface area contributed by atoms with Crippen LogP contribution in [0.15, 0.2) is 35.4 Å². The number of benzene rings is 1. The second-order valence-corrected chi connectivity index (χ2v) is 5.08. The van der Waals surface area contributed by atoms with Gasteiger partial charge < -0.3 is 4.57 Å². The first-order valence-corrected chi connectivity index (χ1v) is 6.26. The molecule has 90 valence electrons. The highest BCUT2D eigenvalue weighted by Gasteiger charge is 2.25. The zero-order chi connectivity index (χ0) is 12.7. The molecule has 0 saturated carbocycles. The van der Waals surface area contributed by atoms with Crippen LogP contribution in [0, 0.1) is 0 Å². The standard InChI is InChI=1S/C13H10N2O2S/c1-15-7-8(9-4-2-3-5-10(9)15)6-11-12(16)14-13(17)18-11/h2-7H,1H3,(H,14,16,17)/b11-6-. The fourth-order valence-electron chi connectivity index (χ4n) is 2.05. The van der Waals surface area contributed by atoms with E-state index in [-0.39, 0.29) is 11.1 Å². The second-order valence-electron chi connectivity index (χ2n) is 4.06. The van der Waals surface area contributed by atoms with Gasteiger partial charge in [0.2, 0.25) is 0 Å². The minimum Gasteiger partial charge on any atom is -0.350 e. The van der Waals surface area contributed by atoms with Crippen LogP contribution < -0.4 is 5.32 Å². The van der Waals surface area contributed by atoms with Crippen LogP contribution in [0.5, 0.6) is 0 Å². The number of carbonyl (C=O) groups is 2. The van der Waals surface area contributed by atoms with Gasteiger partial charge in [-0.1, -0.05) is 18.2 Å².